The monoisotopic (exact) mass is 265 g/mol. The van der Waals surface area contributed by atoms with Crippen LogP contribution in [0.4, 0.5) is 0 Å². The highest BCUT2D eigenvalue weighted by Crippen LogP contribution is 2.15. The lowest BCUT2D eigenvalue weighted by atomic mass is 10.2. The highest BCUT2D eigenvalue weighted by Gasteiger charge is 2.21. The zero-order chi connectivity index (χ0) is 12.2. The van der Waals surface area contributed by atoms with Crippen molar-refractivity contribution in [2.75, 3.05) is 0 Å². The Morgan fingerprint density at radius 1 is 1.25 bits per heavy atom. The molecular weight excluding hydrogens is 250 g/mol. The van der Waals surface area contributed by atoms with Crippen LogP contribution >= 0.6 is 10.7 Å². The Morgan fingerprint density at radius 3 is 2.44 bits per heavy atom. The van der Waals surface area contributed by atoms with Gasteiger partial charge in [-0.15, -0.1) is 10.2 Å². The van der Waals surface area contributed by atoms with Crippen LogP contribution < -0.4 is 0 Å². The number of aryl methyl sites for hydroxylation is 1. The van der Waals surface area contributed by atoms with Crippen molar-refractivity contribution in [1.82, 2.24) is 14.8 Å². The summed E-state index contributed by atoms with van der Waals surface area (Å²) in [6, 6.07) is 0. The molecule has 0 unspecified atom stereocenters. The summed E-state index contributed by atoms with van der Waals surface area (Å²) in [5, 5.41) is 7.40. The zero-order valence-corrected chi connectivity index (χ0v) is 11.1. The van der Waals surface area contributed by atoms with Crippen molar-refractivity contribution in [2.24, 2.45) is 0 Å². The molecule has 1 aromatic rings. The molecule has 1 aromatic heterocycles. The van der Waals surface area contributed by atoms with Crippen LogP contribution in [0.25, 0.3) is 0 Å². The summed E-state index contributed by atoms with van der Waals surface area (Å²) in [5.74, 6) is 0.697. The topological polar surface area (TPSA) is 64.8 Å². The summed E-state index contributed by atoms with van der Waals surface area (Å²) in [4.78, 5) is 0. The van der Waals surface area contributed by atoms with Crippen LogP contribution in [0.1, 0.15) is 38.9 Å². The van der Waals surface area contributed by atoms with Gasteiger partial charge in [0.15, 0.2) is 0 Å². The molecule has 0 saturated carbocycles. The van der Waals surface area contributed by atoms with Crippen LogP contribution in [0, 0.1) is 0 Å². The predicted molar refractivity (Wildman–Crippen MR) is 62.0 cm³/mol. The van der Waals surface area contributed by atoms with Crippen LogP contribution in [-0.2, 0) is 22.0 Å². The van der Waals surface area contributed by atoms with Crippen LogP contribution in [-0.4, -0.2) is 23.2 Å². The number of rotatable bonds is 6. The molecule has 5 nitrogen and oxygen atoms in total. The second-order valence-corrected chi connectivity index (χ2v) is 6.05. The maximum absolute atomic E-state index is 11.3. The Kier molecular flexibility index (Phi) is 4.73. The van der Waals surface area contributed by atoms with Gasteiger partial charge in [-0.3, -0.25) is 0 Å². The zero-order valence-electron chi connectivity index (χ0n) is 9.48. The molecule has 0 aliphatic rings. The van der Waals surface area contributed by atoms with E-state index in [-0.39, 0.29) is 5.16 Å². The van der Waals surface area contributed by atoms with Crippen molar-refractivity contribution in [1.29, 1.82) is 0 Å². The van der Waals surface area contributed by atoms with Gasteiger partial charge in [-0.25, -0.2) is 8.42 Å². The van der Waals surface area contributed by atoms with Crippen molar-refractivity contribution < 1.29 is 8.42 Å². The second-order valence-electron chi connectivity index (χ2n) is 3.59. The van der Waals surface area contributed by atoms with Crippen molar-refractivity contribution in [3.8, 4) is 0 Å². The fourth-order valence-corrected chi connectivity index (χ4v) is 2.41. The average molecular weight is 266 g/mol. The van der Waals surface area contributed by atoms with Crippen LogP contribution in [0.3, 0.4) is 0 Å². The summed E-state index contributed by atoms with van der Waals surface area (Å²) >= 11 is 0. The molecule has 0 amide bonds. The fourth-order valence-electron chi connectivity index (χ4n) is 1.47. The maximum atomic E-state index is 11.3. The van der Waals surface area contributed by atoms with Crippen LogP contribution in [0.2, 0.25) is 0 Å². The number of hydrogen-bond acceptors (Lipinski definition) is 4. The van der Waals surface area contributed by atoms with E-state index in [1.54, 1.807) is 4.57 Å². The van der Waals surface area contributed by atoms with Gasteiger partial charge in [0.2, 0.25) is 0 Å². The van der Waals surface area contributed by atoms with E-state index in [1.165, 1.54) is 0 Å². The molecule has 0 atom stereocenters. The first-order chi connectivity index (χ1) is 7.50. The van der Waals surface area contributed by atoms with Gasteiger partial charge in [-0.1, -0.05) is 20.3 Å². The third kappa shape index (κ3) is 3.18. The Morgan fingerprint density at radius 2 is 1.94 bits per heavy atom. The van der Waals surface area contributed by atoms with Gasteiger partial charge < -0.3 is 4.57 Å². The van der Waals surface area contributed by atoms with Crippen molar-refractivity contribution in [2.45, 2.75) is 51.2 Å². The summed E-state index contributed by atoms with van der Waals surface area (Å²) in [7, 11) is 1.50. The Labute approximate surface area is 100 Å². The summed E-state index contributed by atoms with van der Waals surface area (Å²) in [6.07, 6.45) is 3.54. The minimum atomic E-state index is -3.80. The second kappa shape index (κ2) is 5.63. The van der Waals surface area contributed by atoms with Gasteiger partial charge in [0, 0.05) is 23.6 Å². The summed E-state index contributed by atoms with van der Waals surface area (Å²) in [6.45, 7) is 4.61. The predicted octanol–water partition coefficient (Wildman–Crippen LogP) is 1.96. The first-order valence-corrected chi connectivity index (χ1v) is 7.68. The third-order valence-corrected chi connectivity index (χ3v) is 3.36. The molecular formula is C9H16ClN3O2S. The highest BCUT2D eigenvalue weighted by molar-refractivity contribution is 8.13. The first-order valence-electron chi connectivity index (χ1n) is 5.37. The van der Waals surface area contributed by atoms with E-state index >= 15 is 0 Å². The lowest BCUT2D eigenvalue weighted by Crippen LogP contribution is -2.09. The Balaban J connectivity index is 3.07. The quantitative estimate of drug-likeness (QED) is 0.738. The van der Waals surface area contributed by atoms with Crippen molar-refractivity contribution in [3.63, 3.8) is 0 Å². The molecule has 16 heavy (non-hydrogen) atoms. The number of unbranched alkanes of at least 4 members (excludes halogenated alkanes) is 1. The molecule has 0 bridgehead atoms. The molecule has 1 rings (SSSR count). The van der Waals surface area contributed by atoms with E-state index in [9.17, 15) is 8.42 Å². The Hall–Kier alpha value is -0.620. The largest absolute Gasteiger partial charge is 0.301 e. The molecule has 0 aliphatic heterocycles. The number of nitrogens with zero attached hydrogens (tertiary/aromatic N) is 3. The standard InChI is InChI=1S/C9H16ClN3O2S/c1-3-5-6-8-11-12-9(16(10,14)15)13(8)7-4-2/h3-7H2,1-2H3. The third-order valence-electron chi connectivity index (χ3n) is 2.21. The van der Waals surface area contributed by atoms with Gasteiger partial charge in [0.25, 0.3) is 14.2 Å². The summed E-state index contributed by atoms with van der Waals surface area (Å²) in [5.41, 5.74) is 0. The average Bonchev–Trinajstić information content (AvgIpc) is 2.58. The molecule has 92 valence electrons. The molecule has 7 heteroatoms. The van der Waals surface area contributed by atoms with E-state index in [0.717, 1.165) is 25.7 Å². The fraction of sp³-hybridized carbons (Fsp3) is 0.778. The lowest BCUT2D eigenvalue weighted by Gasteiger charge is -2.06. The van der Waals surface area contributed by atoms with Crippen LogP contribution in [0.15, 0.2) is 5.16 Å². The molecule has 0 aliphatic carbocycles. The van der Waals surface area contributed by atoms with Gasteiger partial charge >= 0.3 is 0 Å². The number of aromatic nitrogens is 3. The SMILES string of the molecule is CCCCc1nnc(S(=O)(=O)Cl)n1CCC. The minimum absolute atomic E-state index is 0.137. The smallest absolute Gasteiger partial charge is 0.296 e. The van der Waals surface area contributed by atoms with Gasteiger partial charge in [-0.05, 0) is 12.8 Å². The van der Waals surface area contributed by atoms with E-state index in [2.05, 4.69) is 17.1 Å². The number of halogens is 1. The minimum Gasteiger partial charge on any atom is -0.301 e. The first kappa shape index (κ1) is 13.4. The molecule has 0 saturated heterocycles. The summed E-state index contributed by atoms with van der Waals surface area (Å²) < 4.78 is 24.1. The highest BCUT2D eigenvalue weighted by atomic mass is 35.7. The van der Waals surface area contributed by atoms with Gasteiger partial charge in [0.1, 0.15) is 5.82 Å². The normalized spacial score (nSPS) is 11.9. The van der Waals surface area contributed by atoms with E-state index in [1.807, 2.05) is 6.92 Å². The van der Waals surface area contributed by atoms with Crippen molar-refractivity contribution >= 4 is 19.7 Å². The van der Waals surface area contributed by atoms with Gasteiger partial charge in [0.05, 0.1) is 0 Å². The maximum Gasteiger partial charge on any atom is 0.296 e. The molecule has 1 heterocycles. The lowest BCUT2D eigenvalue weighted by molar-refractivity contribution is 0.551. The number of hydrogen-bond donors (Lipinski definition) is 0. The molecule has 0 radical (unpaired) electrons. The van der Waals surface area contributed by atoms with Gasteiger partial charge in [-0.2, -0.15) is 0 Å². The Bertz CT molecular complexity index is 442. The molecule has 0 aromatic carbocycles. The molecule has 0 spiro atoms. The van der Waals surface area contributed by atoms with E-state index in [0.29, 0.717) is 12.4 Å². The molecule has 0 fully saturated rings. The molecule has 0 N–H and O–H groups in total. The van der Waals surface area contributed by atoms with E-state index in [4.69, 9.17) is 10.7 Å². The van der Waals surface area contributed by atoms with Crippen molar-refractivity contribution in [3.05, 3.63) is 5.82 Å². The van der Waals surface area contributed by atoms with Crippen LogP contribution in [0.5, 0.6) is 0 Å². The van der Waals surface area contributed by atoms with E-state index < -0.39 is 9.05 Å².